The summed E-state index contributed by atoms with van der Waals surface area (Å²) in [7, 11) is 0. The number of thioether (sulfide) groups is 1. The summed E-state index contributed by atoms with van der Waals surface area (Å²) in [5.41, 5.74) is 0. The SMILES string of the molecule is CCNC(=O)CSCCCC1(SNC(C)=O)CCCCO1. The van der Waals surface area contributed by atoms with Crippen LogP contribution in [0.2, 0.25) is 0 Å². The molecule has 0 aromatic carbocycles. The molecule has 0 saturated carbocycles. The highest BCUT2D eigenvalue weighted by Gasteiger charge is 2.34. The second kappa shape index (κ2) is 10.3. The molecule has 1 saturated heterocycles. The van der Waals surface area contributed by atoms with E-state index in [1.54, 1.807) is 11.8 Å². The van der Waals surface area contributed by atoms with E-state index in [4.69, 9.17) is 4.74 Å². The van der Waals surface area contributed by atoms with Gasteiger partial charge in [0, 0.05) is 20.1 Å². The minimum Gasteiger partial charge on any atom is -0.363 e. The standard InChI is InChI=1S/C14H26N2O3S2/c1-3-15-13(18)11-20-10-6-8-14(21-16-12(2)17)7-4-5-9-19-14/h3-11H2,1-2H3,(H,15,18)(H,16,17). The molecule has 1 rings (SSSR count). The van der Waals surface area contributed by atoms with E-state index >= 15 is 0 Å². The first-order valence-electron chi connectivity index (χ1n) is 7.51. The summed E-state index contributed by atoms with van der Waals surface area (Å²) in [5, 5.41) is 2.79. The van der Waals surface area contributed by atoms with Crippen LogP contribution in [0.15, 0.2) is 0 Å². The molecule has 0 spiro atoms. The molecule has 1 aliphatic heterocycles. The third-order valence-corrected chi connectivity index (χ3v) is 5.48. The average molecular weight is 335 g/mol. The Morgan fingerprint density at radius 3 is 2.76 bits per heavy atom. The molecular formula is C14H26N2O3S2. The average Bonchev–Trinajstić information content (AvgIpc) is 2.46. The van der Waals surface area contributed by atoms with Gasteiger partial charge in [-0.15, -0.1) is 0 Å². The van der Waals surface area contributed by atoms with Gasteiger partial charge in [-0.2, -0.15) is 11.8 Å². The van der Waals surface area contributed by atoms with Crippen LogP contribution < -0.4 is 10.0 Å². The molecule has 0 aromatic rings. The lowest BCUT2D eigenvalue weighted by molar-refractivity contribution is -0.118. The van der Waals surface area contributed by atoms with Crippen LogP contribution >= 0.6 is 23.7 Å². The lowest BCUT2D eigenvalue weighted by atomic mass is 10.0. The molecule has 7 heteroatoms. The van der Waals surface area contributed by atoms with Crippen LogP contribution in [0.25, 0.3) is 0 Å². The fourth-order valence-electron chi connectivity index (χ4n) is 2.18. The van der Waals surface area contributed by atoms with Crippen LogP contribution in [-0.4, -0.2) is 41.4 Å². The van der Waals surface area contributed by atoms with Crippen LogP contribution in [0.5, 0.6) is 0 Å². The Bertz CT molecular complexity index is 334. The van der Waals surface area contributed by atoms with Crippen molar-refractivity contribution in [3.05, 3.63) is 0 Å². The van der Waals surface area contributed by atoms with Crippen molar-refractivity contribution in [1.29, 1.82) is 0 Å². The Kier molecular flexibility index (Phi) is 9.19. The molecule has 1 aliphatic rings. The molecule has 1 heterocycles. The molecule has 1 unspecified atom stereocenters. The summed E-state index contributed by atoms with van der Waals surface area (Å²) in [6.07, 6.45) is 5.09. The number of hydrogen-bond acceptors (Lipinski definition) is 5. The van der Waals surface area contributed by atoms with Gasteiger partial charge in [-0.05, 0) is 56.7 Å². The van der Waals surface area contributed by atoms with Gasteiger partial charge in [-0.25, -0.2) is 0 Å². The van der Waals surface area contributed by atoms with E-state index in [1.807, 2.05) is 6.92 Å². The highest BCUT2D eigenvalue weighted by Crippen LogP contribution is 2.38. The first-order chi connectivity index (χ1) is 10.1. The number of carbonyl (C=O) groups is 2. The third kappa shape index (κ3) is 7.97. The Labute approximate surface area is 135 Å². The zero-order valence-corrected chi connectivity index (χ0v) is 14.5. The fraction of sp³-hybridized carbons (Fsp3) is 0.857. The molecule has 0 aromatic heterocycles. The van der Waals surface area contributed by atoms with Crippen molar-refractivity contribution < 1.29 is 14.3 Å². The zero-order chi connectivity index (χ0) is 15.6. The molecule has 2 amide bonds. The molecule has 1 atom stereocenters. The van der Waals surface area contributed by atoms with Gasteiger partial charge < -0.3 is 10.1 Å². The lowest BCUT2D eigenvalue weighted by Crippen LogP contribution is -2.36. The van der Waals surface area contributed by atoms with E-state index in [9.17, 15) is 9.59 Å². The normalized spacial score (nSPS) is 21.8. The van der Waals surface area contributed by atoms with Crippen LogP contribution in [-0.2, 0) is 14.3 Å². The van der Waals surface area contributed by atoms with E-state index in [-0.39, 0.29) is 16.7 Å². The van der Waals surface area contributed by atoms with Crippen LogP contribution in [0.3, 0.4) is 0 Å². The first kappa shape index (κ1) is 18.6. The molecule has 122 valence electrons. The number of ether oxygens (including phenoxy) is 1. The Morgan fingerprint density at radius 2 is 2.14 bits per heavy atom. The predicted octanol–water partition coefficient (Wildman–Crippen LogP) is 2.32. The van der Waals surface area contributed by atoms with Crippen molar-refractivity contribution in [2.45, 2.75) is 50.9 Å². The van der Waals surface area contributed by atoms with Crippen molar-refractivity contribution in [1.82, 2.24) is 10.0 Å². The van der Waals surface area contributed by atoms with E-state index in [0.717, 1.165) is 44.5 Å². The van der Waals surface area contributed by atoms with E-state index in [2.05, 4.69) is 10.0 Å². The molecule has 0 radical (unpaired) electrons. The highest BCUT2D eigenvalue weighted by atomic mass is 32.2. The largest absolute Gasteiger partial charge is 0.363 e. The van der Waals surface area contributed by atoms with Gasteiger partial charge in [-0.3, -0.25) is 14.3 Å². The predicted molar refractivity (Wildman–Crippen MR) is 89.2 cm³/mol. The van der Waals surface area contributed by atoms with Gasteiger partial charge in [0.25, 0.3) is 0 Å². The van der Waals surface area contributed by atoms with Gasteiger partial charge >= 0.3 is 0 Å². The summed E-state index contributed by atoms with van der Waals surface area (Å²) in [5.74, 6) is 1.50. The van der Waals surface area contributed by atoms with Gasteiger partial charge in [-0.1, -0.05) is 0 Å². The Hall–Kier alpha value is -0.400. The van der Waals surface area contributed by atoms with Crippen molar-refractivity contribution in [3.63, 3.8) is 0 Å². The van der Waals surface area contributed by atoms with Gasteiger partial charge in [0.05, 0.1) is 5.75 Å². The molecule has 0 bridgehead atoms. The smallest absolute Gasteiger partial charge is 0.229 e. The second-order valence-electron chi connectivity index (χ2n) is 5.09. The maximum atomic E-state index is 11.3. The number of amides is 2. The van der Waals surface area contributed by atoms with Gasteiger partial charge in [0.15, 0.2) is 0 Å². The van der Waals surface area contributed by atoms with Crippen LogP contribution in [0.4, 0.5) is 0 Å². The lowest BCUT2D eigenvalue weighted by Gasteiger charge is -2.36. The number of hydrogen-bond donors (Lipinski definition) is 2. The topological polar surface area (TPSA) is 67.4 Å². The molecule has 2 N–H and O–H groups in total. The van der Waals surface area contributed by atoms with Crippen molar-refractivity contribution in [2.75, 3.05) is 24.7 Å². The maximum Gasteiger partial charge on any atom is 0.229 e. The van der Waals surface area contributed by atoms with E-state index in [0.29, 0.717) is 12.3 Å². The quantitative estimate of drug-likeness (QED) is 0.500. The zero-order valence-electron chi connectivity index (χ0n) is 12.9. The molecule has 0 aliphatic carbocycles. The van der Waals surface area contributed by atoms with Crippen LogP contribution in [0.1, 0.15) is 46.0 Å². The summed E-state index contributed by atoms with van der Waals surface area (Å²) in [6.45, 7) is 4.89. The minimum absolute atomic E-state index is 0.0424. The Balaban J connectivity index is 2.26. The minimum atomic E-state index is -0.282. The van der Waals surface area contributed by atoms with Crippen molar-refractivity contribution >= 4 is 35.5 Å². The van der Waals surface area contributed by atoms with E-state index in [1.165, 1.54) is 18.9 Å². The summed E-state index contributed by atoms with van der Waals surface area (Å²) in [4.78, 5) is 22.2. The molecular weight excluding hydrogens is 308 g/mol. The monoisotopic (exact) mass is 334 g/mol. The number of rotatable bonds is 9. The number of nitrogens with one attached hydrogen (secondary N) is 2. The van der Waals surface area contributed by atoms with Crippen molar-refractivity contribution in [2.24, 2.45) is 0 Å². The summed E-state index contributed by atoms with van der Waals surface area (Å²) >= 11 is 3.06. The first-order valence-corrected chi connectivity index (χ1v) is 9.48. The fourth-order valence-corrected chi connectivity index (χ4v) is 3.92. The van der Waals surface area contributed by atoms with Crippen LogP contribution in [0, 0.1) is 0 Å². The molecule has 21 heavy (non-hydrogen) atoms. The summed E-state index contributed by atoms with van der Waals surface area (Å²) < 4.78 is 8.76. The third-order valence-electron chi connectivity index (χ3n) is 3.15. The Morgan fingerprint density at radius 1 is 1.33 bits per heavy atom. The second-order valence-corrected chi connectivity index (χ2v) is 7.34. The maximum absolute atomic E-state index is 11.3. The van der Waals surface area contributed by atoms with Crippen molar-refractivity contribution in [3.8, 4) is 0 Å². The van der Waals surface area contributed by atoms with E-state index < -0.39 is 0 Å². The molecule has 1 fully saturated rings. The number of carbonyl (C=O) groups excluding carboxylic acids is 2. The van der Waals surface area contributed by atoms with Gasteiger partial charge in [0.1, 0.15) is 4.93 Å². The van der Waals surface area contributed by atoms with Gasteiger partial charge in [0.2, 0.25) is 11.8 Å². The molecule has 5 nitrogen and oxygen atoms in total. The highest BCUT2D eigenvalue weighted by molar-refractivity contribution is 8.00. The summed E-state index contributed by atoms with van der Waals surface area (Å²) in [6, 6.07) is 0.